The minimum atomic E-state index is -2.06. The molecule has 0 saturated carbocycles. The summed E-state index contributed by atoms with van der Waals surface area (Å²) in [5.41, 5.74) is -0.550. The Bertz CT molecular complexity index is 2110. The van der Waals surface area contributed by atoms with Crippen molar-refractivity contribution in [3.05, 3.63) is 52.8 Å². The molecule has 4 aliphatic heterocycles. The molecule has 1 fully saturated rings. The number of nitrogens with zero attached hydrogens (tertiary/aromatic N) is 3. The van der Waals surface area contributed by atoms with Crippen LogP contribution in [-0.4, -0.2) is 111 Å². The van der Waals surface area contributed by atoms with Crippen LogP contribution in [0.3, 0.4) is 0 Å². The number of phenolic OH excluding ortho intramolecular Hbond substituents is 3. The van der Waals surface area contributed by atoms with E-state index >= 15 is 0 Å². The summed E-state index contributed by atoms with van der Waals surface area (Å²) in [4.78, 5) is 42.3. The number of anilines is 1. The van der Waals surface area contributed by atoms with E-state index in [0.29, 0.717) is 0 Å². The van der Waals surface area contributed by atoms with E-state index in [4.69, 9.17) is 18.9 Å². The Labute approximate surface area is 343 Å². The highest BCUT2D eigenvalue weighted by Crippen LogP contribution is 2.55. The SMILES string of the molecule is CO[C@H]1/C=C/O[C@@]2(C)Oc3c(C)c(O)c4c(O)c(c(/C=N/N=C/N5CCCC5)c(O)c4c3C2=O)NC(=O)/C(C)=C\C=C\[C@H](C)[C@H](O)[C@@H](C)[C@@H](O)[C@@H](C)[C@H](OC(C)=O)[C@@H]1C. The van der Waals surface area contributed by atoms with E-state index in [9.17, 15) is 39.9 Å². The average Bonchev–Trinajstić information content (AvgIpc) is 3.82. The first-order valence-corrected chi connectivity index (χ1v) is 19.7. The summed E-state index contributed by atoms with van der Waals surface area (Å²) in [6.07, 6.45) is 8.14. The number of benzene rings is 2. The minimum absolute atomic E-state index is 0.0400. The Morgan fingerprint density at radius 2 is 1.63 bits per heavy atom. The second kappa shape index (κ2) is 18.2. The first-order chi connectivity index (χ1) is 27.8. The number of rotatable bonds is 5. The quantitative estimate of drug-likeness (QED) is 0.0569. The van der Waals surface area contributed by atoms with Gasteiger partial charge in [-0.3, -0.25) is 14.4 Å². The molecule has 6 N–H and O–H groups in total. The molecule has 6 rings (SSSR count). The third kappa shape index (κ3) is 8.94. The highest BCUT2D eigenvalue weighted by Gasteiger charge is 2.50. The monoisotopic (exact) mass is 820 g/mol. The van der Waals surface area contributed by atoms with Crippen LogP contribution in [0.4, 0.5) is 5.69 Å². The van der Waals surface area contributed by atoms with Crippen LogP contribution in [-0.2, 0) is 23.8 Å². The molecule has 0 aromatic heterocycles. The van der Waals surface area contributed by atoms with E-state index < -0.39 is 88.8 Å². The standard InChI is InChI=1S/C43H56N4O12/c1-21-13-12-14-22(2)42(55)46-33-28(19-44-45-20-47-16-10-11-17-47)37(52)30-31(38(33)53)36(51)26(6)40-32(30)41(54)43(8,59-40)57-18-15-29(56-9)23(3)39(58-27(7)48)25(5)35(50)24(4)34(21)49/h12-15,18-21,23-25,29,34-35,39,49-53H,10-11,16-17H2,1-9H3,(H,46,55)/b13-12+,18-15+,22-14-,44-19+,45-20+/t21-,23+,24+,25+,29-,34-,35+,39+,43-/m0/s1. The van der Waals surface area contributed by atoms with Gasteiger partial charge in [-0.1, -0.05) is 45.9 Å². The van der Waals surface area contributed by atoms with Crippen molar-refractivity contribution in [1.82, 2.24) is 4.90 Å². The van der Waals surface area contributed by atoms with E-state index in [1.807, 2.05) is 4.90 Å². The molecule has 2 aromatic rings. The van der Waals surface area contributed by atoms with Crippen LogP contribution >= 0.6 is 0 Å². The Kier molecular flexibility index (Phi) is 13.8. The van der Waals surface area contributed by atoms with Gasteiger partial charge in [0.2, 0.25) is 0 Å². The zero-order valence-electron chi connectivity index (χ0n) is 34.9. The number of likely N-dealkylation sites (tertiary alicyclic amines) is 1. The lowest BCUT2D eigenvalue weighted by atomic mass is 9.78. The Balaban J connectivity index is 1.70. The Morgan fingerprint density at radius 3 is 2.27 bits per heavy atom. The number of ketones is 1. The summed E-state index contributed by atoms with van der Waals surface area (Å²) in [6.45, 7) is 14.0. The number of hydrogen-bond acceptors (Lipinski definition) is 14. The molecule has 16 nitrogen and oxygen atoms in total. The first-order valence-electron chi connectivity index (χ1n) is 19.7. The number of aromatic hydroxyl groups is 3. The molecule has 4 heterocycles. The summed E-state index contributed by atoms with van der Waals surface area (Å²) in [7, 11) is 1.43. The maximum atomic E-state index is 14.4. The number of ether oxygens (including phenoxy) is 4. The van der Waals surface area contributed by atoms with Gasteiger partial charge >= 0.3 is 11.8 Å². The number of amides is 1. The third-order valence-corrected chi connectivity index (χ3v) is 11.6. The lowest BCUT2D eigenvalue weighted by molar-refractivity contribution is -0.160. The average molecular weight is 821 g/mol. The van der Waals surface area contributed by atoms with E-state index in [-0.39, 0.29) is 44.5 Å². The van der Waals surface area contributed by atoms with Crippen molar-refractivity contribution in [2.75, 3.05) is 25.5 Å². The van der Waals surface area contributed by atoms with Crippen LogP contribution < -0.4 is 10.1 Å². The highest BCUT2D eigenvalue weighted by molar-refractivity contribution is 6.23. The molecule has 0 unspecified atom stereocenters. The number of phenols is 3. The van der Waals surface area contributed by atoms with Gasteiger partial charge in [0, 0.05) is 74.2 Å². The molecule has 0 aliphatic carbocycles. The largest absolute Gasteiger partial charge is 0.507 e. The van der Waals surface area contributed by atoms with Crippen molar-refractivity contribution in [1.29, 1.82) is 0 Å². The molecule has 2 aromatic carbocycles. The van der Waals surface area contributed by atoms with Crippen LogP contribution in [0.1, 0.15) is 82.8 Å². The normalized spacial score (nSPS) is 31.6. The number of aliphatic hydroxyl groups excluding tert-OH is 2. The summed E-state index contributed by atoms with van der Waals surface area (Å²) >= 11 is 0. The van der Waals surface area contributed by atoms with Crippen LogP contribution in [0.15, 0.2) is 46.3 Å². The second-order valence-electron chi connectivity index (χ2n) is 15.8. The number of esters is 1. The van der Waals surface area contributed by atoms with Gasteiger partial charge in [-0.25, -0.2) is 0 Å². The van der Waals surface area contributed by atoms with E-state index in [0.717, 1.165) is 32.1 Å². The van der Waals surface area contributed by atoms with Gasteiger partial charge in [0.05, 0.1) is 53.0 Å². The molecule has 1 saturated heterocycles. The van der Waals surface area contributed by atoms with E-state index in [1.54, 1.807) is 39.8 Å². The lowest BCUT2D eigenvalue weighted by Gasteiger charge is -2.38. The number of carbonyl (C=O) groups excluding carboxylic acids is 3. The lowest BCUT2D eigenvalue weighted by Crippen LogP contribution is -2.46. The summed E-state index contributed by atoms with van der Waals surface area (Å²) in [5, 5.41) is 68.4. The predicted octanol–water partition coefficient (Wildman–Crippen LogP) is 5.21. The number of aliphatic hydroxyl groups is 2. The Hall–Kier alpha value is -5.45. The van der Waals surface area contributed by atoms with Crippen molar-refractivity contribution in [2.45, 2.75) is 98.4 Å². The number of fused-ring (bicyclic) bond motifs is 14. The van der Waals surface area contributed by atoms with Crippen LogP contribution in [0.25, 0.3) is 10.8 Å². The number of allylic oxidation sites excluding steroid dienone is 2. The molecular formula is C43H56N4O12. The van der Waals surface area contributed by atoms with Gasteiger partial charge in [-0.2, -0.15) is 5.10 Å². The van der Waals surface area contributed by atoms with Crippen molar-refractivity contribution in [3.63, 3.8) is 0 Å². The van der Waals surface area contributed by atoms with E-state index in [1.165, 1.54) is 59.6 Å². The summed E-state index contributed by atoms with van der Waals surface area (Å²) < 4.78 is 23.5. The highest BCUT2D eigenvalue weighted by atomic mass is 16.7. The fraction of sp³-hybridized carbons (Fsp3) is 0.512. The van der Waals surface area contributed by atoms with Crippen molar-refractivity contribution >= 4 is 46.7 Å². The molecule has 1 amide bonds. The topological polar surface area (TPSA) is 229 Å². The zero-order valence-corrected chi connectivity index (χ0v) is 34.9. The van der Waals surface area contributed by atoms with E-state index in [2.05, 4.69) is 15.5 Å². The fourth-order valence-corrected chi connectivity index (χ4v) is 7.92. The maximum Gasteiger partial charge on any atom is 0.312 e. The third-order valence-electron chi connectivity index (χ3n) is 11.6. The van der Waals surface area contributed by atoms with Gasteiger partial charge in [-0.05, 0) is 32.8 Å². The molecular weight excluding hydrogens is 764 g/mol. The second-order valence-corrected chi connectivity index (χ2v) is 15.8. The van der Waals surface area contributed by atoms with Crippen LogP contribution in [0.2, 0.25) is 0 Å². The van der Waals surface area contributed by atoms with Crippen molar-refractivity contribution in [2.24, 2.45) is 33.9 Å². The molecule has 4 aliphatic rings. The molecule has 0 radical (unpaired) electrons. The summed E-state index contributed by atoms with van der Waals surface area (Å²) in [5.74, 6) is -8.56. The summed E-state index contributed by atoms with van der Waals surface area (Å²) in [6, 6.07) is 0. The van der Waals surface area contributed by atoms with Crippen molar-refractivity contribution in [3.8, 4) is 23.0 Å². The molecule has 320 valence electrons. The number of Topliss-reactive ketones (excluding diaryl/α,β-unsaturated/α-hetero) is 1. The van der Waals surface area contributed by atoms with Crippen LogP contribution in [0.5, 0.6) is 23.0 Å². The number of nitrogens with one attached hydrogen (secondary N) is 1. The molecule has 9 atom stereocenters. The number of carbonyl (C=O) groups is 3. The maximum absolute atomic E-state index is 14.4. The van der Waals surface area contributed by atoms with Gasteiger partial charge in [-0.15, -0.1) is 5.10 Å². The smallest absolute Gasteiger partial charge is 0.312 e. The van der Waals surface area contributed by atoms with Gasteiger partial charge < -0.3 is 54.7 Å². The number of hydrogen-bond donors (Lipinski definition) is 6. The minimum Gasteiger partial charge on any atom is -0.507 e. The molecule has 59 heavy (non-hydrogen) atoms. The predicted molar refractivity (Wildman–Crippen MR) is 221 cm³/mol. The zero-order chi connectivity index (χ0) is 43.5. The first kappa shape index (κ1) is 44.6. The molecule has 16 heteroatoms. The van der Waals surface area contributed by atoms with Gasteiger partial charge in [0.25, 0.3) is 11.7 Å². The Morgan fingerprint density at radius 1 is 0.949 bits per heavy atom. The molecule has 5 bridgehead atoms. The number of methoxy groups -OCH3 is 1. The van der Waals surface area contributed by atoms with Crippen molar-refractivity contribution < 1.29 is 58.9 Å². The van der Waals surface area contributed by atoms with Crippen LogP contribution in [0, 0.1) is 30.6 Å². The molecule has 0 spiro atoms. The van der Waals surface area contributed by atoms with Gasteiger partial charge in [0.15, 0.2) is 5.75 Å². The van der Waals surface area contributed by atoms with Gasteiger partial charge in [0.1, 0.15) is 29.7 Å². The fourth-order valence-electron chi connectivity index (χ4n) is 7.92.